The van der Waals surface area contributed by atoms with E-state index in [1.54, 1.807) is 18.2 Å². The molecule has 0 amide bonds. The lowest BCUT2D eigenvalue weighted by atomic mass is 10.2. The summed E-state index contributed by atoms with van der Waals surface area (Å²) < 4.78 is 26.8. The molecule has 2 N–H and O–H groups in total. The van der Waals surface area contributed by atoms with Crippen LogP contribution in [0.3, 0.4) is 0 Å². The SMILES string of the molecule is O=S(=O)(NCc1sccc1C#CCO)c1cccc(Cl)c1. The third-order valence-corrected chi connectivity index (χ3v) is 5.13. The van der Waals surface area contributed by atoms with E-state index in [2.05, 4.69) is 16.6 Å². The molecule has 0 radical (unpaired) electrons. The Hall–Kier alpha value is -1.36. The maximum Gasteiger partial charge on any atom is 0.240 e. The van der Waals surface area contributed by atoms with Gasteiger partial charge >= 0.3 is 0 Å². The van der Waals surface area contributed by atoms with Gasteiger partial charge in [-0.15, -0.1) is 11.3 Å². The number of halogens is 1. The lowest BCUT2D eigenvalue weighted by Gasteiger charge is -2.06. The summed E-state index contributed by atoms with van der Waals surface area (Å²) in [5, 5.41) is 10.9. The van der Waals surface area contributed by atoms with E-state index in [1.165, 1.54) is 23.5 Å². The van der Waals surface area contributed by atoms with Gasteiger partial charge in [-0.1, -0.05) is 29.5 Å². The molecule has 0 aliphatic rings. The second-order valence-corrected chi connectivity index (χ2v) is 7.20. The molecule has 0 fully saturated rings. The predicted octanol–water partition coefficient (Wildman–Crippen LogP) is 2.22. The largest absolute Gasteiger partial charge is 0.384 e. The van der Waals surface area contributed by atoms with Crippen LogP contribution in [0, 0.1) is 11.8 Å². The van der Waals surface area contributed by atoms with Crippen LogP contribution >= 0.6 is 22.9 Å². The van der Waals surface area contributed by atoms with E-state index >= 15 is 0 Å². The number of thiophene rings is 1. The Kier molecular flexibility index (Phi) is 5.39. The minimum atomic E-state index is -3.62. The monoisotopic (exact) mass is 341 g/mol. The molecule has 21 heavy (non-hydrogen) atoms. The molecular formula is C14H12ClNO3S2. The summed E-state index contributed by atoms with van der Waals surface area (Å²) in [6, 6.07) is 7.86. The second kappa shape index (κ2) is 7.07. The van der Waals surface area contributed by atoms with Crippen molar-refractivity contribution in [1.82, 2.24) is 4.72 Å². The number of aliphatic hydroxyl groups excluding tert-OH is 1. The van der Waals surface area contributed by atoms with Crippen molar-refractivity contribution in [3.8, 4) is 11.8 Å². The van der Waals surface area contributed by atoms with Gasteiger partial charge in [-0.3, -0.25) is 0 Å². The molecule has 0 aliphatic heterocycles. The van der Waals surface area contributed by atoms with Crippen LogP contribution in [0.2, 0.25) is 5.02 Å². The van der Waals surface area contributed by atoms with Gasteiger partial charge in [0.15, 0.2) is 0 Å². The van der Waals surface area contributed by atoms with Crippen molar-refractivity contribution in [1.29, 1.82) is 0 Å². The highest BCUT2D eigenvalue weighted by Gasteiger charge is 2.15. The maximum absolute atomic E-state index is 12.2. The second-order valence-electron chi connectivity index (χ2n) is 4.00. The fourth-order valence-corrected chi connectivity index (χ4v) is 3.76. The van der Waals surface area contributed by atoms with Crippen LogP contribution in [0.4, 0.5) is 0 Å². The highest BCUT2D eigenvalue weighted by Crippen LogP contribution is 2.18. The Morgan fingerprint density at radius 1 is 1.33 bits per heavy atom. The van der Waals surface area contributed by atoms with Crippen LogP contribution in [-0.2, 0) is 16.6 Å². The summed E-state index contributed by atoms with van der Waals surface area (Å²) in [5.41, 5.74) is 0.711. The summed E-state index contributed by atoms with van der Waals surface area (Å²) >= 11 is 7.20. The zero-order valence-corrected chi connectivity index (χ0v) is 13.2. The van der Waals surface area contributed by atoms with E-state index < -0.39 is 10.0 Å². The molecule has 2 rings (SSSR count). The van der Waals surface area contributed by atoms with E-state index in [0.717, 1.165) is 4.88 Å². The molecule has 0 unspecified atom stereocenters. The molecule has 1 heterocycles. The van der Waals surface area contributed by atoms with Crippen molar-refractivity contribution in [3.05, 3.63) is 51.2 Å². The number of hydrogen-bond donors (Lipinski definition) is 2. The highest BCUT2D eigenvalue weighted by atomic mass is 35.5. The van der Waals surface area contributed by atoms with Gasteiger partial charge in [0, 0.05) is 22.0 Å². The molecule has 0 saturated heterocycles. The van der Waals surface area contributed by atoms with Crippen molar-refractivity contribution >= 4 is 33.0 Å². The summed E-state index contributed by atoms with van der Waals surface area (Å²) in [7, 11) is -3.62. The van der Waals surface area contributed by atoms with Gasteiger partial charge in [0.25, 0.3) is 0 Å². The molecule has 0 saturated carbocycles. The molecule has 0 spiro atoms. The average Bonchev–Trinajstić information content (AvgIpc) is 2.90. The first-order valence-electron chi connectivity index (χ1n) is 5.94. The quantitative estimate of drug-likeness (QED) is 0.838. The fourth-order valence-electron chi connectivity index (χ4n) is 1.60. The number of hydrogen-bond acceptors (Lipinski definition) is 4. The summed E-state index contributed by atoms with van der Waals surface area (Å²) in [4.78, 5) is 0.913. The van der Waals surface area contributed by atoms with Crippen molar-refractivity contribution in [2.24, 2.45) is 0 Å². The van der Waals surface area contributed by atoms with Crippen LogP contribution in [-0.4, -0.2) is 20.1 Å². The molecule has 0 atom stereocenters. The van der Waals surface area contributed by atoms with Crippen LogP contribution in [0.15, 0.2) is 40.6 Å². The first-order chi connectivity index (χ1) is 10.0. The van der Waals surface area contributed by atoms with Crippen LogP contribution in [0.1, 0.15) is 10.4 Å². The molecule has 4 nitrogen and oxygen atoms in total. The van der Waals surface area contributed by atoms with Crippen molar-refractivity contribution in [3.63, 3.8) is 0 Å². The Morgan fingerprint density at radius 3 is 2.86 bits per heavy atom. The lowest BCUT2D eigenvalue weighted by molar-refractivity contribution is 0.350. The summed E-state index contributed by atoms with van der Waals surface area (Å²) in [6.45, 7) is -0.0918. The standard InChI is InChI=1S/C14H12ClNO3S2/c15-12-4-1-5-13(9-12)21(18,19)16-10-14-11(3-2-7-17)6-8-20-14/h1,4-6,8-9,16-17H,7,10H2. The van der Waals surface area contributed by atoms with Gasteiger partial charge in [0.2, 0.25) is 10.0 Å². The van der Waals surface area contributed by atoms with Gasteiger partial charge in [0.1, 0.15) is 6.61 Å². The molecular weight excluding hydrogens is 330 g/mol. The number of nitrogens with one attached hydrogen (secondary N) is 1. The van der Waals surface area contributed by atoms with Crippen molar-refractivity contribution in [2.45, 2.75) is 11.4 Å². The molecule has 0 aliphatic carbocycles. The first-order valence-corrected chi connectivity index (χ1v) is 8.68. The summed E-state index contributed by atoms with van der Waals surface area (Å²) in [6.07, 6.45) is 0. The van der Waals surface area contributed by atoms with Gasteiger partial charge in [-0.2, -0.15) is 0 Å². The third kappa shape index (κ3) is 4.30. The molecule has 110 valence electrons. The van der Waals surface area contributed by atoms with E-state index in [4.69, 9.17) is 16.7 Å². The van der Waals surface area contributed by atoms with Crippen molar-refractivity contribution in [2.75, 3.05) is 6.61 Å². The number of rotatable bonds is 4. The number of benzene rings is 1. The van der Waals surface area contributed by atoms with Crippen LogP contribution in [0.25, 0.3) is 0 Å². The minimum Gasteiger partial charge on any atom is -0.384 e. The Morgan fingerprint density at radius 2 is 2.14 bits per heavy atom. The Balaban J connectivity index is 2.14. The molecule has 2 aromatic rings. The van der Waals surface area contributed by atoms with E-state index in [-0.39, 0.29) is 18.0 Å². The van der Waals surface area contributed by atoms with E-state index in [9.17, 15) is 8.42 Å². The van der Waals surface area contributed by atoms with Gasteiger partial charge in [0.05, 0.1) is 4.90 Å². The number of sulfonamides is 1. The van der Waals surface area contributed by atoms with Gasteiger partial charge in [-0.25, -0.2) is 13.1 Å². The third-order valence-electron chi connectivity index (χ3n) is 2.58. The fraction of sp³-hybridized carbons (Fsp3) is 0.143. The smallest absolute Gasteiger partial charge is 0.240 e. The first kappa shape index (κ1) is 16.0. The molecule has 7 heteroatoms. The maximum atomic E-state index is 12.2. The molecule has 1 aromatic carbocycles. The topological polar surface area (TPSA) is 66.4 Å². The van der Waals surface area contributed by atoms with E-state index in [1.807, 2.05) is 5.38 Å². The Bertz CT molecular complexity index is 788. The van der Waals surface area contributed by atoms with Crippen LogP contribution in [0.5, 0.6) is 0 Å². The minimum absolute atomic E-state index is 0.120. The molecule has 0 bridgehead atoms. The average molecular weight is 342 g/mol. The molecule has 1 aromatic heterocycles. The van der Waals surface area contributed by atoms with E-state index in [0.29, 0.717) is 10.6 Å². The van der Waals surface area contributed by atoms with Crippen LogP contribution < -0.4 is 4.72 Å². The zero-order valence-electron chi connectivity index (χ0n) is 10.8. The summed E-state index contributed by atoms with van der Waals surface area (Å²) in [5.74, 6) is 5.33. The normalized spacial score (nSPS) is 11.0. The van der Waals surface area contributed by atoms with Gasteiger partial charge in [-0.05, 0) is 29.6 Å². The zero-order chi connectivity index (χ0) is 15.3. The Labute approximate surface area is 132 Å². The van der Waals surface area contributed by atoms with Crippen molar-refractivity contribution < 1.29 is 13.5 Å². The predicted molar refractivity (Wildman–Crippen MR) is 83.8 cm³/mol. The highest BCUT2D eigenvalue weighted by molar-refractivity contribution is 7.89. The van der Waals surface area contributed by atoms with Gasteiger partial charge < -0.3 is 5.11 Å². The lowest BCUT2D eigenvalue weighted by Crippen LogP contribution is -2.23. The number of aliphatic hydroxyl groups is 1.